The molecule has 0 aliphatic carbocycles. The predicted molar refractivity (Wildman–Crippen MR) is 77.3 cm³/mol. The molecule has 5 nitrogen and oxygen atoms in total. The van der Waals surface area contributed by atoms with Gasteiger partial charge in [0.05, 0.1) is 0 Å². The van der Waals surface area contributed by atoms with Gasteiger partial charge in [0, 0.05) is 18.7 Å². The lowest BCUT2D eigenvalue weighted by Gasteiger charge is -2.19. The summed E-state index contributed by atoms with van der Waals surface area (Å²) in [6, 6.07) is 0.394. The average Bonchev–Trinajstić information content (AvgIpc) is 2.30. The van der Waals surface area contributed by atoms with Crippen LogP contribution in [-0.2, 0) is 0 Å². The van der Waals surface area contributed by atoms with E-state index in [1.165, 1.54) is 0 Å². The zero-order valence-corrected chi connectivity index (χ0v) is 12.3. The molecule has 1 aromatic heterocycles. The Morgan fingerprint density at radius 2 is 1.78 bits per heavy atom. The summed E-state index contributed by atoms with van der Waals surface area (Å²) in [4.78, 5) is 11.0. The van der Waals surface area contributed by atoms with Crippen molar-refractivity contribution in [1.82, 2.24) is 14.9 Å². The van der Waals surface area contributed by atoms with Crippen molar-refractivity contribution < 1.29 is 0 Å². The van der Waals surface area contributed by atoms with E-state index in [2.05, 4.69) is 46.5 Å². The van der Waals surface area contributed by atoms with Gasteiger partial charge in [-0.25, -0.2) is 9.97 Å². The lowest BCUT2D eigenvalue weighted by atomic mass is 10.2. The lowest BCUT2D eigenvalue weighted by molar-refractivity contribution is 0.390. The Kier molecular flexibility index (Phi) is 5.34. The molecular weight excluding hydrogens is 226 g/mol. The quantitative estimate of drug-likeness (QED) is 0.808. The first-order chi connectivity index (χ1) is 8.43. The predicted octanol–water partition coefficient (Wildman–Crippen LogP) is 1.89. The van der Waals surface area contributed by atoms with Crippen LogP contribution in [-0.4, -0.2) is 48.6 Å². The molecule has 0 bridgehead atoms. The number of nitrogens with zero attached hydrogens (tertiary/aromatic N) is 3. The SMILES string of the molecule is CNc1nc(C)nc(NC(C)CCN(C)C)c1C. The molecule has 0 spiro atoms. The zero-order valence-electron chi connectivity index (χ0n) is 12.3. The average molecular weight is 251 g/mol. The molecule has 18 heavy (non-hydrogen) atoms. The van der Waals surface area contributed by atoms with E-state index >= 15 is 0 Å². The maximum Gasteiger partial charge on any atom is 0.134 e. The van der Waals surface area contributed by atoms with Gasteiger partial charge in [0.15, 0.2) is 0 Å². The molecule has 0 fully saturated rings. The number of hydrogen-bond donors (Lipinski definition) is 2. The summed E-state index contributed by atoms with van der Waals surface area (Å²) in [5, 5.41) is 6.56. The largest absolute Gasteiger partial charge is 0.373 e. The van der Waals surface area contributed by atoms with Crippen LogP contribution in [0.4, 0.5) is 11.6 Å². The second kappa shape index (κ2) is 6.54. The lowest BCUT2D eigenvalue weighted by Crippen LogP contribution is -2.24. The molecule has 102 valence electrons. The molecule has 1 unspecified atom stereocenters. The molecule has 0 radical (unpaired) electrons. The third-order valence-corrected chi connectivity index (χ3v) is 2.89. The van der Waals surface area contributed by atoms with E-state index in [0.29, 0.717) is 6.04 Å². The number of nitrogens with one attached hydrogen (secondary N) is 2. The monoisotopic (exact) mass is 251 g/mol. The maximum absolute atomic E-state index is 4.47. The van der Waals surface area contributed by atoms with Crippen LogP contribution in [0.5, 0.6) is 0 Å². The highest BCUT2D eigenvalue weighted by Crippen LogP contribution is 2.20. The summed E-state index contributed by atoms with van der Waals surface area (Å²) in [5.41, 5.74) is 1.07. The second-order valence-corrected chi connectivity index (χ2v) is 4.98. The minimum absolute atomic E-state index is 0.394. The number of aromatic nitrogens is 2. The Hall–Kier alpha value is -1.36. The van der Waals surface area contributed by atoms with Gasteiger partial charge in [-0.05, 0) is 47.8 Å². The van der Waals surface area contributed by atoms with Crippen LogP contribution in [0.15, 0.2) is 0 Å². The van der Waals surface area contributed by atoms with Gasteiger partial charge in [0.25, 0.3) is 0 Å². The Labute approximate surface area is 110 Å². The smallest absolute Gasteiger partial charge is 0.134 e. The highest BCUT2D eigenvalue weighted by Gasteiger charge is 2.10. The van der Waals surface area contributed by atoms with E-state index in [1.807, 2.05) is 20.9 Å². The van der Waals surface area contributed by atoms with Crippen molar-refractivity contribution in [3.63, 3.8) is 0 Å². The van der Waals surface area contributed by atoms with Crippen molar-refractivity contribution in [3.05, 3.63) is 11.4 Å². The second-order valence-electron chi connectivity index (χ2n) is 4.98. The molecule has 0 aromatic carbocycles. The first kappa shape index (κ1) is 14.7. The van der Waals surface area contributed by atoms with Crippen LogP contribution in [0.25, 0.3) is 0 Å². The van der Waals surface area contributed by atoms with Gasteiger partial charge >= 0.3 is 0 Å². The molecule has 0 amide bonds. The fourth-order valence-corrected chi connectivity index (χ4v) is 1.77. The molecule has 1 aromatic rings. The first-order valence-corrected chi connectivity index (χ1v) is 6.38. The summed E-state index contributed by atoms with van der Waals surface area (Å²) < 4.78 is 0. The van der Waals surface area contributed by atoms with E-state index in [0.717, 1.165) is 36.0 Å². The number of aryl methyl sites for hydroxylation is 1. The Morgan fingerprint density at radius 1 is 1.17 bits per heavy atom. The Morgan fingerprint density at radius 3 is 2.33 bits per heavy atom. The fourth-order valence-electron chi connectivity index (χ4n) is 1.77. The van der Waals surface area contributed by atoms with Crippen LogP contribution >= 0.6 is 0 Å². The molecule has 0 saturated carbocycles. The van der Waals surface area contributed by atoms with Crippen LogP contribution in [0.1, 0.15) is 24.7 Å². The first-order valence-electron chi connectivity index (χ1n) is 6.38. The number of anilines is 2. The Bertz CT molecular complexity index is 389. The molecule has 1 atom stereocenters. The van der Waals surface area contributed by atoms with E-state index in [-0.39, 0.29) is 0 Å². The number of rotatable bonds is 6. The minimum Gasteiger partial charge on any atom is -0.373 e. The molecular formula is C13H25N5. The Balaban J connectivity index is 2.74. The van der Waals surface area contributed by atoms with Crippen molar-refractivity contribution in [2.75, 3.05) is 38.3 Å². The summed E-state index contributed by atoms with van der Waals surface area (Å²) in [6.07, 6.45) is 1.09. The summed E-state index contributed by atoms with van der Waals surface area (Å²) >= 11 is 0. The van der Waals surface area contributed by atoms with Crippen LogP contribution < -0.4 is 10.6 Å². The van der Waals surface area contributed by atoms with Crippen molar-refractivity contribution >= 4 is 11.6 Å². The highest BCUT2D eigenvalue weighted by molar-refractivity contribution is 5.57. The van der Waals surface area contributed by atoms with Crippen molar-refractivity contribution in [2.24, 2.45) is 0 Å². The van der Waals surface area contributed by atoms with Gasteiger partial charge in [-0.3, -0.25) is 0 Å². The standard InChI is InChI=1S/C13H25N5/c1-9(7-8-18(5)6)15-13-10(2)12(14-4)16-11(3)17-13/h9H,7-8H2,1-6H3,(H2,14,15,16,17). The summed E-state index contributed by atoms with van der Waals surface area (Å²) in [6.45, 7) is 7.19. The molecule has 0 aliphatic rings. The molecule has 0 aliphatic heterocycles. The molecule has 1 heterocycles. The molecule has 0 saturated heterocycles. The topological polar surface area (TPSA) is 53.1 Å². The van der Waals surface area contributed by atoms with Crippen LogP contribution in [0.2, 0.25) is 0 Å². The van der Waals surface area contributed by atoms with Gasteiger partial charge in [0.2, 0.25) is 0 Å². The minimum atomic E-state index is 0.394. The van der Waals surface area contributed by atoms with Crippen LogP contribution in [0.3, 0.4) is 0 Å². The molecule has 2 N–H and O–H groups in total. The van der Waals surface area contributed by atoms with Gasteiger partial charge < -0.3 is 15.5 Å². The van der Waals surface area contributed by atoms with E-state index < -0.39 is 0 Å². The zero-order chi connectivity index (χ0) is 13.7. The van der Waals surface area contributed by atoms with Crippen molar-refractivity contribution in [3.8, 4) is 0 Å². The maximum atomic E-state index is 4.47. The van der Waals surface area contributed by atoms with Gasteiger partial charge in [-0.15, -0.1) is 0 Å². The van der Waals surface area contributed by atoms with Crippen molar-refractivity contribution in [2.45, 2.75) is 33.2 Å². The van der Waals surface area contributed by atoms with E-state index in [4.69, 9.17) is 0 Å². The third kappa shape index (κ3) is 4.14. The van der Waals surface area contributed by atoms with E-state index in [1.54, 1.807) is 0 Å². The molecule has 1 rings (SSSR count). The van der Waals surface area contributed by atoms with Gasteiger partial charge in [-0.2, -0.15) is 0 Å². The van der Waals surface area contributed by atoms with Crippen LogP contribution in [0, 0.1) is 13.8 Å². The fraction of sp³-hybridized carbons (Fsp3) is 0.692. The van der Waals surface area contributed by atoms with E-state index in [9.17, 15) is 0 Å². The number of hydrogen-bond acceptors (Lipinski definition) is 5. The summed E-state index contributed by atoms with van der Waals surface area (Å²) in [7, 11) is 6.06. The highest BCUT2D eigenvalue weighted by atomic mass is 15.1. The van der Waals surface area contributed by atoms with Gasteiger partial charge in [-0.1, -0.05) is 0 Å². The van der Waals surface area contributed by atoms with Gasteiger partial charge in [0.1, 0.15) is 17.5 Å². The normalized spacial score (nSPS) is 12.6. The van der Waals surface area contributed by atoms with Crippen molar-refractivity contribution in [1.29, 1.82) is 0 Å². The third-order valence-electron chi connectivity index (χ3n) is 2.89. The summed E-state index contributed by atoms with van der Waals surface area (Å²) in [5.74, 6) is 2.61. The molecule has 5 heteroatoms.